The van der Waals surface area contributed by atoms with E-state index in [1.807, 2.05) is 13.0 Å². The SMILES string of the molecule is CCSc1c(C#N)nn(-c2c(Cl)cc(C(F)(F)F)cc2Cl)c1CF. The smallest absolute Gasteiger partial charge is 0.244 e. The van der Waals surface area contributed by atoms with Gasteiger partial charge in [-0.25, -0.2) is 9.07 Å². The maximum atomic E-state index is 13.5. The Labute approximate surface area is 149 Å². The first-order valence-electron chi connectivity index (χ1n) is 6.51. The molecule has 10 heteroatoms. The Morgan fingerprint density at radius 3 is 2.29 bits per heavy atom. The molecular formula is C14H9Cl2F4N3S. The van der Waals surface area contributed by atoms with Crippen molar-refractivity contribution in [2.24, 2.45) is 0 Å². The summed E-state index contributed by atoms with van der Waals surface area (Å²) in [6, 6.07) is 3.21. The number of hydrogen-bond donors (Lipinski definition) is 0. The molecule has 3 nitrogen and oxygen atoms in total. The Balaban J connectivity index is 2.71. The first-order chi connectivity index (χ1) is 11.2. The van der Waals surface area contributed by atoms with Crippen molar-refractivity contribution in [1.82, 2.24) is 9.78 Å². The summed E-state index contributed by atoms with van der Waals surface area (Å²) in [5.41, 5.74) is -1.15. The Morgan fingerprint density at radius 2 is 1.88 bits per heavy atom. The molecule has 0 saturated heterocycles. The van der Waals surface area contributed by atoms with Crippen LogP contribution in [0.15, 0.2) is 17.0 Å². The molecule has 128 valence electrons. The summed E-state index contributed by atoms with van der Waals surface area (Å²) in [7, 11) is 0. The number of thioether (sulfide) groups is 1. The van der Waals surface area contributed by atoms with Crippen LogP contribution in [0.3, 0.4) is 0 Å². The summed E-state index contributed by atoms with van der Waals surface area (Å²) in [6.45, 7) is 0.827. The second-order valence-corrected chi connectivity index (χ2v) is 6.59. The summed E-state index contributed by atoms with van der Waals surface area (Å²) in [6.07, 6.45) is -4.63. The van der Waals surface area contributed by atoms with Crippen LogP contribution in [-0.4, -0.2) is 15.5 Å². The maximum absolute atomic E-state index is 13.5. The molecule has 24 heavy (non-hydrogen) atoms. The topological polar surface area (TPSA) is 41.6 Å². The number of aromatic nitrogens is 2. The van der Waals surface area contributed by atoms with Gasteiger partial charge in [0.15, 0.2) is 5.69 Å². The standard InChI is InChI=1S/C14H9Cl2F4N3S/c1-2-24-13-10(6-21)22-23(11(13)5-17)12-8(15)3-7(4-9(12)16)14(18,19)20/h3-4H,2,5H2,1H3. The quantitative estimate of drug-likeness (QED) is 0.494. The van der Waals surface area contributed by atoms with Gasteiger partial charge in [-0.05, 0) is 17.9 Å². The second-order valence-electron chi connectivity index (χ2n) is 4.50. The Bertz CT molecular complexity index is 789. The predicted molar refractivity (Wildman–Crippen MR) is 84.5 cm³/mol. The molecule has 2 rings (SSSR count). The fourth-order valence-electron chi connectivity index (χ4n) is 2.04. The van der Waals surface area contributed by atoms with Gasteiger partial charge < -0.3 is 0 Å². The van der Waals surface area contributed by atoms with Gasteiger partial charge in [-0.1, -0.05) is 30.1 Å². The number of benzene rings is 1. The number of nitrogens with zero attached hydrogens (tertiary/aromatic N) is 3. The maximum Gasteiger partial charge on any atom is 0.416 e. The lowest BCUT2D eigenvalue weighted by Crippen LogP contribution is -2.08. The first kappa shape index (κ1) is 18.9. The van der Waals surface area contributed by atoms with Crippen molar-refractivity contribution in [2.75, 3.05) is 5.75 Å². The highest BCUT2D eigenvalue weighted by Gasteiger charge is 2.33. The lowest BCUT2D eigenvalue weighted by molar-refractivity contribution is -0.137. The summed E-state index contributed by atoms with van der Waals surface area (Å²) in [4.78, 5) is 0.314. The molecule has 1 heterocycles. The Hall–Kier alpha value is -1.43. The molecule has 0 aliphatic heterocycles. The van der Waals surface area contributed by atoms with Crippen LogP contribution < -0.4 is 0 Å². The predicted octanol–water partition coefficient (Wildman–Crippen LogP) is 5.65. The zero-order valence-electron chi connectivity index (χ0n) is 12.1. The number of alkyl halides is 4. The van der Waals surface area contributed by atoms with Crippen LogP contribution in [-0.2, 0) is 12.9 Å². The molecule has 1 aromatic carbocycles. The van der Waals surface area contributed by atoms with E-state index in [1.54, 1.807) is 0 Å². The summed E-state index contributed by atoms with van der Waals surface area (Å²) >= 11 is 13.1. The fraction of sp³-hybridized carbons (Fsp3) is 0.286. The third kappa shape index (κ3) is 3.48. The summed E-state index contributed by atoms with van der Waals surface area (Å²) < 4.78 is 52.9. The molecule has 1 aromatic heterocycles. The molecular weight excluding hydrogens is 389 g/mol. The molecule has 0 aliphatic carbocycles. The van der Waals surface area contributed by atoms with E-state index in [1.165, 1.54) is 11.8 Å². The van der Waals surface area contributed by atoms with Crippen molar-refractivity contribution in [2.45, 2.75) is 24.7 Å². The van der Waals surface area contributed by atoms with E-state index in [0.29, 0.717) is 22.8 Å². The van der Waals surface area contributed by atoms with Crippen molar-refractivity contribution in [1.29, 1.82) is 5.26 Å². The molecule has 0 saturated carbocycles. The molecule has 0 radical (unpaired) electrons. The van der Waals surface area contributed by atoms with Crippen LogP contribution in [0.2, 0.25) is 10.0 Å². The van der Waals surface area contributed by atoms with Crippen molar-refractivity contribution in [3.8, 4) is 11.8 Å². The largest absolute Gasteiger partial charge is 0.416 e. The van der Waals surface area contributed by atoms with Crippen LogP contribution in [0.5, 0.6) is 0 Å². The van der Waals surface area contributed by atoms with Gasteiger partial charge in [0.05, 0.1) is 26.2 Å². The molecule has 0 atom stereocenters. The van der Waals surface area contributed by atoms with E-state index in [4.69, 9.17) is 28.5 Å². The minimum atomic E-state index is -4.63. The van der Waals surface area contributed by atoms with E-state index >= 15 is 0 Å². The molecule has 0 unspecified atom stereocenters. The van der Waals surface area contributed by atoms with Gasteiger partial charge in [0.25, 0.3) is 0 Å². The zero-order chi connectivity index (χ0) is 18.1. The average Bonchev–Trinajstić information content (AvgIpc) is 2.83. The molecule has 2 aromatic rings. The van der Waals surface area contributed by atoms with E-state index in [0.717, 1.165) is 4.68 Å². The van der Waals surface area contributed by atoms with Crippen LogP contribution in [0.1, 0.15) is 23.9 Å². The molecule has 0 amide bonds. The Kier molecular flexibility index (Phi) is 5.68. The van der Waals surface area contributed by atoms with Crippen molar-refractivity contribution in [3.05, 3.63) is 39.1 Å². The molecule has 0 fully saturated rings. The van der Waals surface area contributed by atoms with Gasteiger partial charge in [0.1, 0.15) is 18.4 Å². The third-order valence-corrected chi connectivity index (χ3v) is 4.59. The fourth-order valence-corrected chi connectivity index (χ4v) is 3.51. The van der Waals surface area contributed by atoms with Crippen LogP contribution >= 0.6 is 35.0 Å². The summed E-state index contributed by atoms with van der Waals surface area (Å²) in [5, 5.41) is 12.4. The molecule has 0 aliphatic rings. The van der Waals surface area contributed by atoms with E-state index in [-0.39, 0.29) is 27.1 Å². The highest BCUT2D eigenvalue weighted by Crippen LogP contribution is 2.39. The molecule has 0 spiro atoms. The minimum Gasteiger partial charge on any atom is -0.244 e. The number of rotatable bonds is 4. The number of halogens is 6. The van der Waals surface area contributed by atoms with Crippen molar-refractivity contribution in [3.63, 3.8) is 0 Å². The number of hydrogen-bond acceptors (Lipinski definition) is 3. The summed E-state index contributed by atoms with van der Waals surface area (Å²) in [5.74, 6) is 0.557. The highest BCUT2D eigenvalue weighted by atomic mass is 35.5. The monoisotopic (exact) mass is 397 g/mol. The van der Waals surface area contributed by atoms with Crippen LogP contribution in [0, 0.1) is 11.3 Å². The van der Waals surface area contributed by atoms with E-state index < -0.39 is 18.4 Å². The van der Waals surface area contributed by atoms with E-state index in [9.17, 15) is 17.6 Å². The van der Waals surface area contributed by atoms with Gasteiger partial charge in [-0.15, -0.1) is 11.8 Å². The highest BCUT2D eigenvalue weighted by molar-refractivity contribution is 7.99. The first-order valence-corrected chi connectivity index (χ1v) is 8.26. The number of nitriles is 1. The molecule has 0 N–H and O–H groups in total. The van der Waals surface area contributed by atoms with Gasteiger partial charge in [-0.3, -0.25) is 0 Å². The third-order valence-electron chi connectivity index (χ3n) is 3.01. The van der Waals surface area contributed by atoms with E-state index in [2.05, 4.69) is 5.10 Å². The van der Waals surface area contributed by atoms with Gasteiger partial charge in [-0.2, -0.15) is 23.5 Å². The van der Waals surface area contributed by atoms with Crippen LogP contribution in [0.4, 0.5) is 17.6 Å². The average molecular weight is 398 g/mol. The second kappa shape index (κ2) is 7.21. The van der Waals surface area contributed by atoms with Gasteiger partial charge >= 0.3 is 6.18 Å². The van der Waals surface area contributed by atoms with Crippen molar-refractivity contribution < 1.29 is 17.6 Å². The van der Waals surface area contributed by atoms with Crippen LogP contribution in [0.25, 0.3) is 5.69 Å². The lowest BCUT2D eigenvalue weighted by atomic mass is 10.2. The lowest BCUT2D eigenvalue weighted by Gasteiger charge is -2.13. The Morgan fingerprint density at radius 1 is 1.29 bits per heavy atom. The van der Waals surface area contributed by atoms with Gasteiger partial charge in [0, 0.05) is 0 Å². The van der Waals surface area contributed by atoms with Gasteiger partial charge in [0.2, 0.25) is 0 Å². The normalized spacial score (nSPS) is 11.6. The zero-order valence-corrected chi connectivity index (χ0v) is 14.4. The van der Waals surface area contributed by atoms with Crippen molar-refractivity contribution >= 4 is 35.0 Å². The molecule has 0 bridgehead atoms. The minimum absolute atomic E-state index is 0.0157.